The summed E-state index contributed by atoms with van der Waals surface area (Å²) in [5.41, 5.74) is 7.83. The molecule has 4 heteroatoms. The number of nitrogen functional groups attached to an aromatic ring is 1. The van der Waals surface area contributed by atoms with E-state index in [1.54, 1.807) is 0 Å². The maximum absolute atomic E-state index is 6.24. The summed E-state index contributed by atoms with van der Waals surface area (Å²) in [4.78, 5) is 0. The molecule has 96 valence electrons. The predicted molar refractivity (Wildman–Crippen MR) is 81.1 cm³/mol. The lowest BCUT2D eigenvalue weighted by Crippen LogP contribution is -2.44. The van der Waals surface area contributed by atoms with E-state index < -0.39 is 8.32 Å². The Morgan fingerprint density at radius 3 is 2.24 bits per heavy atom. The smallest absolute Gasteiger partial charge is 0.250 e. The zero-order valence-electron chi connectivity index (χ0n) is 11.5. The van der Waals surface area contributed by atoms with Crippen molar-refractivity contribution >= 4 is 29.9 Å². The average molecular weight is 316 g/mol. The van der Waals surface area contributed by atoms with Crippen LogP contribution in [0.25, 0.3) is 0 Å². The lowest BCUT2D eigenvalue weighted by atomic mass is 10.2. The average Bonchev–Trinajstić information content (AvgIpc) is 2.17. The minimum Gasteiger partial charge on any atom is -0.543 e. The van der Waals surface area contributed by atoms with E-state index in [0.29, 0.717) is 0 Å². The first kappa shape index (κ1) is 14.6. The number of hydrogen-bond acceptors (Lipinski definition) is 2. The SMILES string of the molecule is Cc1ccc(O[Si](C)(C)C(C)(C)C)c(Br)c1N. The summed E-state index contributed by atoms with van der Waals surface area (Å²) in [6.45, 7) is 13.1. The lowest BCUT2D eigenvalue weighted by Gasteiger charge is -2.36. The molecule has 0 aromatic heterocycles. The number of halogens is 1. The number of rotatable bonds is 2. The Labute approximate surface area is 114 Å². The van der Waals surface area contributed by atoms with Crippen molar-refractivity contribution in [1.82, 2.24) is 0 Å². The van der Waals surface area contributed by atoms with Gasteiger partial charge >= 0.3 is 0 Å². The largest absolute Gasteiger partial charge is 0.543 e. The molecule has 1 aromatic rings. The Hall–Kier alpha value is -0.483. The van der Waals surface area contributed by atoms with E-state index in [2.05, 4.69) is 49.8 Å². The molecule has 1 aromatic carbocycles. The second-order valence-electron chi connectivity index (χ2n) is 5.97. The number of hydrogen-bond donors (Lipinski definition) is 1. The normalized spacial score (nSPS) is 12.6. The molecule has 0 atom stereocenters. The van der Waals surface area contributed by atoms with Crippen LogP contribution in [-0.2, 0) is 0 Å². The van der Waals surface area contributed by atoms with E-state index in [9.17, 15) is 0 Å². The van der Waals surface area contributed by atoms with Crippen LogP contribution >= 0.6 is 15.9 Å². The Morgan fingerprint density at radius 2 is 1.76 bits per heavy atom. The van der Waals surface area contributed by atoms with Crippen LogP contribution in [0.4, 0.5) is 5.69 Å². The molecule has 1 rings (SSSR count). The molecule has 0 spiro atoms. The number of anilines is 1. The highest BCUT2D eigenvalue weighted by Gasteiger charge is 2.39. The van der Waals surface area contributed by atoms with Crippen molar-refractivity contribution in [1.29, 1.82) is 0 Å². The van der Waals surface area contributed by atoms with Crippen molar-refractivity contribution in [3.63, 3.8) is 0 Å². The topological polar surface area (TPSA) is 35.2 Å². The zero-order chi connectivity index (χ0) is 13.4. The Bertz CT molecular complexity index is 424. The van der Waals surface area contributed by atoms with Gasteiger partial charge in [0.2, 0.25) is 0 Å². The predicted octanol–water partition coefficient (Wildman–Crippen LogP) is 4.72. The molecular weight excluding hydrogens is 294 g/mol. The maximum Gasteiger partial charge on any atom is 0.250 e. The van der Waals surface area contributed by atoms with Gasteiger partial charge in [-0.1, -0.05) is 26.8 Å². The van der Waals surface area contributed by atoms with E-state index in [1.165, 1.54) is 0 Å². The second-order valence-corrected chi connectivity index (χ2v) is 11.5. The van der Waals surface area contributed by atoms with Crippen molar-refractivity contribution in [2.24, 2.45) is 0 Å². The van der Waals surface area contributed by atoms with Crippen LogP contribution in [0.2, 0.25) is 18.1 Å². The lowest BCUT2D eigenvalue weighted by molar-refractivity contribution is 0.490. The maximum atomic E-state index is 6.24. The molecule has 0 heterocycles. The van der Waals surface area contributed by atoms with Crippen molar-refractivity contribution in [2.45, 2.75) is 45.8 Å². The van der Waals surface area contributed by atoms with Gasteiger partial charge in [-0.25, -0.2) is 0 Å². The molecule has 0 saturated heterocycles. The molecule has 0 radical (unpaired) electrons. The van der Waals surface area contributed by atoms with Gasteiger partial charge in [0.1, 0.15) is 5.75 Å². The fourth-order valence-electron chi connectivity index (χ4n) is 1.18. The van der Waals surface area contributed by atoms with Crippen molar-refractivity contribution in [3.8, 4) is 5.75 Å². The van der Waals surface area contributed by atoms with Gasteiger partial charge in [-0.2, -0.15) is 0 Å². The van der Waals surface area contributed by atoms with Gasteiger partial charge in [-0.05, 0) is 52.6 Å². The number of aryl methyl sites for hydroxylation is 1. The third-order valence-corrected chi connectivity index (χ3v) is 8.69. The van der Waals surface area contributed by atoms with Crippen molar-refractivity contribution < 1.29 is 4.43 Å². The van der Waals surface area contributed by atoms with Gasteiger partial charge in [-0.15, -0.1) is 0 Å². The summed E-state index contributed by atoms with van der Waals surface area (Å²) in [6.07, 6.45) is 0. The highest BCUT2D eigenvalue weighted by Crippen LogP contribution is 2.41. The van der Waals surface area contributed by atoms with E-state index in [4.69, 9.17) is 10.2 Å². The number of nitrogens with two attached hydrogens (primary N) is 1. The van der Waals surface area contributed by atoms with Crippen LogP contribution < -0.4 is 10.2 Å². The van der Waals surface area contributed by atoms with Crippen molar-refractivity contribution in [3.05, 3.63) is 22.2 Å². The third-order valence-electron chi connectivity index (χ3n) is 3.53. The molecule has 0 amide bonds. The molecule has 0 aliphatic carbocycles. The molecule has 2 nitrogen and oxygen atoms in total. The fraction of sp³-hybridized carbons (Fsp3) is 0.538. The summed E-state index contributed by atoms with van der Waals surface area (Å²) in [5.74, 6) is 0.861. The Balaban J connectivity index is 3.09. The van der Waals surface area contributed by atoms with Crippen LogP contribution in [0, 0.1) is 6.92 Å². The van der Waals surface area contributed by atoms with E-state index in [1.807, 2.05) is 19.1 Å². The minimum atomic E-state index is -1.80. The van der Waals surface area contributed by atoms with Gasteiger partial charge in [0.15, 0.2) is 0 Å². The highest BCUT2D eigenvalue weighted by molar-refractivity contribution is 9.10. The fourth-order valence-corrected chi connectivity index (χ4v) is 2.88. The van der Waals surface area contributed by atoms with Crippen LogP contribution in [-0.4, -0.2) is 8.32 Å². The summed E-state index contributed by atoms with van der Waals surface area (Å²) in [5, 5.41) is 0.187. The van der Waals surface area contributed by atoms with Crippen LogP contribution in [0.1, 0.15) is 26.3 Å². The molecule has 0 saturated carbocycles. The standard InChI is InChI=1S/C13H22BrNOSi/c1-9-7-8-10(11(14)12(9)15)16-17(5,6)13(2,3)4/h7-8H,15H2,1-6H3. The quantitative estimate of drug-likeness (QED) is 0.633. The summed E-state index contributed by atoms with van der Waals surface area (Å²) >= 11 is 3.52. The minimum absolute atomic E-state index is 0.187. The van der Waals surface area contributed by atoms with Gasteiger partial charge in [-0.3, -0.25) is 0 Å². The monoisotopic (exact) mass is 315 g/mol. The second kappa shape index (κ2) is 4.65. The first-order chi connectivity index (χ1) is 7.56. The van der Waals surface area contributed by atoms with Gasteiger partial charge in [0.25, 0.3) is 8.32 Å². The molecule has 0 unspecified atom stereocenters. The van der Waals surface area contributed by atoms with E-state index >= 15 is 0 Å². The van der Waals surface area contributed by atoms with Crippen LogP contribution in [0.5, 0.6) is 5.75 Å². The van der Waals surface area contributed by atoms with Crippen molar-refractivity contribution in [2.75, 3.05) is 5.73 Å². The van der Waals surface area contributed by atoms with E-state index in [0.717, 1.165) is 21.5 Å². The summed E-state index contributed by atoms with van der Waals surface area (Å²) in [7, 11) is -1.80. The Morgan fingerprint density at radius 1 is 1.24 bits per heavy atom. The third kappa shape index (κ3) is 3.04. The molecular formula is C13H22BrNOSi. The van der Waals surface area contributed by atoms with E-state index in [-0.39, 0.29) is 5.04 Å². The summed E-state index contributed by atoms with van der Waals surface area (Å²) in [6, 6.07) is 4.00. The van der Waals surface area contributed by atoms with Crippen LogP contribution in [0.15, 0.2) is 16.6 Å². The first-order valence-corrected chi connectivity index (χ1v) is 9.50. The zero-order valence-corrected chi connectivity index (χ0v) is 14.1. The van der Waals surface area contributed by atoms with Gasteiger partial charge < -0.3 is 10.2 Å². The Kier molecular flexibility index (Phi) is 3.99. The molecule has 0 bridgehead atoms. The van der Waals surface area contributed by atoms with Gasteiger partial charge in [0.05, 0.1) is 10.2 Å². The van der Waals surface area contributed by atoms with Gasteiger partial charge in [0, 0.05) is 0 Å². The highest BCUT2D eigenvalue weighted by atomic mass is 79.9. The summed E-state index contributed by atoms with van der Waals surface area (Å²) < 4.78 is 7.12. The number of benzene rings is 1. The molecule has 17 heavy (non-hydrogen) atoms. The first-order valence-electron chi connectivity index (χ1n) is 5.80. The molecule has 0 fully saturated rings. The molecule has 2 N–H and O–H groups in total. The molecule has 0 aliphatic rings. The molecule has 0 aliphatic heterocycles. The van der Waals surface area contributed by atoms with Crippen LogP contribution in [0.3, 0.4) is 0 Å².